The summed E-state index contributed by atoms with van der Waals surface area (Å²) in [4.78, 5) is 38.0. The number of aromatic carboxylic acids is 1. The van der Waals surface area contributed by atoms with Gasteiger partial charge >= 0.3 is 5.97 Å². The molecule has 7 heteroatoms. The Morgan fingerprint density at radius 3 is 2.43 bits per heavy atom. The van der Waals surface area contributed by atoms with E-state index in [0.717, 1.165) is 5.56 Å². The van der Waals surface area contributed by atoms with Crippen molar-refractivity contribution >= 4 is 29.2 Å². The van der Waals surface area contributed by atoms with Gasteiger partial charge in [0.1, 0.15) is 5.75 Å². The molecule has 0 saturated carbocycles. The number of benzene rings is 2. The summed E-state index contributed by atoms with van der Waals surface area (Å²) in [5.74, 6) is -1.29. The highest BCUT2D eigenvalue weighted by molar-refractivity contribution is 6.04. The average molecular weight is 382 g/mol. The number of rotatable bonds is 5. The lowest BCUT2D eigenvalue weighted by Crippen LogP contribution is -2.28. The number of nitrogens with zero attached hydrogens (tertiary/aromatic N) is 1. The molecule has 0 spiro atoms. The van der Waals surface area contributed by atoms with Crippen molar-refractivity contribution in [3.8, 4) is 5.75 Å². The van der Waals surface area contributed by atoms with Crippen molar-refractivity contribution in [2.45, 2.75) is 20.3 Å². The number of nitrogens with one attached hydrogen (secondary N) is 1. The molecule has 7 nitrogen and oxygen atoms in total. The van der Waals surface area contributed by atoms with Crippen LogP contribution < -0.4 is 15.0 Å². The smallest absolute Gasteiger partial charge is 0.336 e. The lowest BCUT2D eigenvalue weighted by atomic mass is 10.0. The fourth-order valence-corrected chi connectivity index (χ4v) is 3.35. The van der Waals surface area contributed by atoms with Crippen molar-refractivity contribution in [2.24, 2.45) is 5.92 Å². The van der Waals surface area contributed by atoms with Crippen LogP contribution >= 0.6 is 0 Å². The Bertz CT molecular complexity index is 937. The highest BCUT2D eigenvalue weighted by Gasteiger charge is 2.35. The molecular weight excluding hydrogens is 360 g/mol. The Morgan fingerprint density at radius 2 is 1.82 bits per heavy atom. The van der Waals surface area contributed by atoms with Gasteiger partial charge < -0.3 is 20.1 Å². The number of carbonyl (C=O) groups is 3. The van der Waals surface area contributed by atoms with Crippen molar-refractivity contribution in [1.82, 2.24) is 0 Å². The van der Waals surface area contributed by atoms with Crippen LogP contribution in [0.2, 0.25) is 0 Å². The van der Waals surface area contributed by atoms with E-state index in [1.165, 1.54) is 6.07 Å². The molecular formula is C21H22N2O5. The molecule has 2 aromatic rings. The third kappa shape index (κ3) is 3.83. The lowest BCUT2D eigenvalue weighted by molar-refractivity contribution is -0.122. The number of aryl methyl sites for hydroxylation is 2. The van der Waals surface area contributed by atoms with E-state index in [1.807, 2.05) is 0 Å². The number of carboxylic acid groups (broad SMARTS) is 1. The summed E-state index contributed by atoms with van der Waals surface area (Å²) in [5, 5.41) is 12.1. The van der Waals surface area contributed by atoms with E-state index < -0.39 is 11.9 Å². The van der Waals surface area contributed by atoms with Gasteiger partial charge in [-0.25, -0.2) is 4.79 Å². The van der Waals surface area contributed by atoms with Crippen LogP contribution in [-0.4, -0.2) is 36.5 Å². The van der Waals surface area contributed by atoms with Gasteiger partial charge in [-0.05, 0) is 55.3 Å². The van der Waals surface area contributed by atoms with Gasteiger partial charge in [0.25, 0.3) is 0 Å². The lowest BCUT2D eigenvalue weighted by Gasteiger charge is -2.17. The summed E-state index contributed by atoms with van der Waals surface area (Å²) in [5.41, 5.74) is 2.70. The number of carbonyl (C=O) groups excluding carboxylic acids is 2. The van der Waals surface area contributed by atoms with Crippen LogP contribution in [0.4, 0.5) is 11.4 Å². The van der Waals surface area contributed by atoms with Crippen molar-refractivity contribution < 1.29 is 24.2 Å². The Labute approximate surface area is 162 Å². The minimum Gasteiger partial charge on any atom is -0.497 e. The van der Waals surface area contributed by atoms with Crippen molar-refractivity contribution in [3.63, 3.8) is 0 Å². The molecule has 1 aliphatic rings. The Balaban J connectivity index is 1.74. The molecule has 1 heterocycles. The molecule has 1 saturated heterocycles. The zero-order chi connectivity index (χ0) is 20.4. The molecule has 0 aliphatic carbocycles. The molecule has 3 rings (SSSR count). The van der Waals surface area contributed by atoms with Crippen LogP contribution in [0.3, 0.4) is 0 Å². The fourth-order valence-electron chi connectivity index (χ4n) is 3.35. The average Bonchev–Trinajstić information content (AvgIpc) is 3.05. The van der Waals surface area contributed by atoms with Crippen LogP contribution in [0.15, 0.2) is 36.4 Å². The zero-order valence-electron chi connectivity index (χ0n) is 16.0. The topological polar surface area (TPSA) is 95.9 Å². The Hall–Kier alpha value is -3.35. The van der Waals surface area contributed by atoms with Gasteiger partial charge in [0.2, 0.25) is 11.8 Å². The third-order valence-electron chi connectivity index (χ3n) is 4.94. The third-order valence-corrected chi connectivity index (χ3v) is 4.94. The van der Waals surface area contributed by atoms with Gasteiger partial charge in [-0.15, -0.1) is 0 Å². The van der Waals surface area contributed by atoms with Gasteiger partial charge in [0, 0.05) is 24.3 Å². The van der Waals surface area contributed by atoms with Gasteiger partial charge in [-0.1, -0.05) is 6.07 Å². The molecule has 2 amide bonds. The van der Waals surface area contributed by atoms with E-state index in [0.29, 0.717) is 22.7 Å². The Morgan fingerprint density at radius 1 is 1.14 bits per heavy atom. The highest BCUT2D eigenvalue weighted by atomic mass is 16.5. The molecule has 1 unspecified atom stereocenters. The second kappa shape index (κ2) is 7.72. The number of amides is 2. The second-order valence-electron chi connectivity index (χ2n) is 6.88. The number of methoxy groups -OCH3 is 1. The zero-order valence-corrected chi connectivity index (χ0v) is 16.0. The number of ether oxygens (including phenoxy) is 1. The van der Waals surface area contributed by atoms with Crippen LogP contribution in [0.1, 0.15) is 27.9 Å². The minimum atomic E-state index is -1.05. The van der Waals surface area contributed by atoms with Crippen molar-refractivity contribution in [3.05, 3.63) is 53.1 Å². The summed E-state index contributed by atoms with van der Waals surface area (Å²) < 4.78 is 5.12. The predicted molar refractivity (Wildman–Crippen MR) is 105 cm³/mol. The summed E-state index contributed by atoms with van der Waals surface area (Å²) in [6.07, 6.45) is 0.106. The van der Waals surface area contributed by atoms with Crippen LogP contribution in [0.5, 0.6) is 5.75 Å². The standard InChI is InChI=1S/C21H22N2O5/c1-12-8-13(2)18(10-17(12)21(26)27)22-20(25)14-9-19(24)23(11-14)15-4-6-16(28-3)7-5-15/h4-8,10,14H,9,11H2,1-3H3,(H,22,25)(H,26,27). The SMILES string of the molecule is COc1ccc(N2CC(C(=O)Nc3cc(C(=O)O)c(C)cc3C)CC2=O)cc1. The number of hydrogen-bond donors (Lipinski definition) is 2. The Kier molecular flexibility index (Phi) is 5.35. The van der Waals surface area contributed by atoms with E-state index in [1.54, 1.807) is 56.2 Å². The quantitative estimate of drug-likeness (QED) is 0.829. The van der Waals surface area contributed by atoms with Gasteiger partial charge in [0.15, 0.2) is 0 Å². The normalized spacial score (nSPS) is 16.2. The molecule has 1 fully saturated rings. The van der Waals surface area contributed by atoms with Gasteiger partial charge in [0.05, 0.1) is 18.6 Å². The van der Waals surface area contributed by atoms with Crippen LogP contribution in [0.25, 0.3) is 0 Å². The summed E-state index contributed by atoms with van der Waals surface area (Å²) in [6.45, 7) is 3.79. The second-order valence-corrected chi connectivity index (χ2v) is 6.88. The number of hydrogen-bond acceptors (Lipinski definition) is 4. The summed E-state index contributed by atoms with van der Waals surface area (Å²) in [7, 11) is 1.57. The highest BCUT2D eigenvalue weighted by Crippen LogP contribution is 2.28. The van der Waals surface area contributed by atoms with Crippen molar-refractivity contribution in [2.75, 3.05) is 23.9 Å². The summed E-state index contributed by atoms with van der Waals surface area (Å²) in [6, 6.07) is 10.3. The predicted octanol–water partition coefficient (Wildman–Crippen LogP) is 3.00. The first kappa shape index (κ1) is 19.4. The fraction of sp³-hybridized carbons (Fsp3) is 0.286. The molecule has 1 atom stereocenters. The molecule has 28 heavy (non-hydrogen) atoms. The maximum atomic E-state index is 12.7. The first-order chi connectivity index (χ1) is 13.3. The molecule has 2 aromatic carbocycles. The van der Waals surface area contributed by atoms with Gasteiger partial charge in [-0.2, -0.15) is 0 Å². The minimum absolute atomic E-state index is 0.106. The molecule has 0 radical (unpaired) electrons. The van der Waals surface area contributed by atoms with E-state index in [4.69, 9.17) is 4.74 Å². The molecule has 2 N–H and O–H groups in total. The van der Waals surface area contributed by atoms with Crippen LogP contribution in [-0.2, 0) is 9.59 Å². The first-order valence-electron chi connectivity index (χ1n) is 8.90. The first-order valence-corrected chi connectivity index (χ1v) is 8.90. The molecule has 1 aliphatic heterocycles. The van der Waals surface area contributed by atoms with Crippen molar-refractivity contribution in [1.29, 1.82) is 0 Å². The van der Waals surface area contributed by atoms with Gasteiger partial charge in [-0.3, -0.25) is 9.59 Å². The molecule has 146 valence electrons. The molecule has 0 aromatic heterocycles. The maximum absolute atomic E-state index is 12.7. The van der Waals surface area contributed by atoms with E-state index in [-0.39, 0.29) is 30.3 Å². The van der Waals surface area contributed by atoms with E-state index >= 15 is 0 Å². The summed E-state index contributed by atoms with van der Waals surface area (Å²) >= 11 is 0. The van der Waals surface area contributed by atoms with Crippen LogP contribution in [0, 0.1) is 19.8 Å². The van der Waals surface area contributed by atoms with E-state index in [9.17, 15) is 19.5 Å². The van der Waals surface area contributed by atoms with E-state index in [2.05, 4.69) is 5.32 Å². The number of anilines is 2. The number of carboxylic acids is 1. The maximum Gasteiger partial charge on any atom is 0.336 e. The molecule has 0 bridgehead atoms. The largest absolute Gasteiger partial charge is 0.497 e. The monoisotopic (exact) mass is 382 g/mol.